The van der Waals surface area contributed by atoms with E-state index in [4.69, 9.17) is 19.4 Å². The number of aromatic nitrogens is 2. The Labute approximate surface area is 306 Å². The van der Waals surface area contributed by atoms with Crippen molar-refractivity contribution < 1.29 is 23.9 Å². The van der Waals surface area contributed by atoms with Gasteiger partial charge < -0.3 is 9.47 Å². The molecule has 4 unspecified atom stereocenters. The number of carbonyl (C=O) groups excluding carboxylic acids is 3. The molecule has 0 amide bonds. The minimum atomic E-state index is -1.74. The number of piperidine rings is 2. The number of carbonyl (C=O) groups is 3. The number of ketones is 1. The molecule has 2 aromatic rings. The Bertz CT molecular complexity index is 1300. The topological polar surface area (TPSA) is 105 Å². The van der Waals surface area contributed by atoms with Crippen LogP contribution in [0.15, 0.2) is 48.8 Å². The van der Waals surface area contributed by atoms with Gasteiger partial charge in [-0.15, -0.1) is 0 Å². The molecule has 10 heteroatoms. The maximum Gasteiger partial charge on any atom is 0.322 e. The first-order chi connectivity index (χ1) is 24.6. The van der Waals surface area contributed by atoms with Gasteiger partial charge in [0.2, 0.25) is 0 Å². The fourth-order valence-electron chi connectivity index (χ4n) is 8.83. The fourth-order valence-corrected chi connectivity index (χ4v) is 8.83. The van der Waals surface area contributed by atoms with Gasteiger partial charge in [-0.05, 0) is 64.9 Å². The summed E-state index contributed by atoms with van der Waals surface area (Å²) in [5, 5.41) is 0. The Balaban J connectivity index is 1.82. The number of unbranched alkanes of at least 4 members (excludes halogenated alkanes) is 9. The van der Waals surface area contributed by atoms with E-state index in [0.29, 0.717) is 43.1 Å². The van der Waals surface area contributed by atoms with Crippen LogP contribution in [0.4, 0.5) is 0 Å². The highest BCUT2D eigenvalue weighted by Crippen LogP contribution is 2.60. The molecule has 2 bridgehead atoms. The van der Waals surface area contributed by atoms with E-state index < -0.39 is 40.6 Å². The summed E-state index contributed by atoms with van der Waals surface area (Å²) in [5.74, 6) is -1.78. The summed E-state index contributed by atoms with van der Waals surface area (Å²) >= 11 is 0. The van der Waals surface area contributed by atoms with E-state index in [1.165, 1.54) is 59.2 Å². The second kappa shape index (κ2) is 19.0. The summed E-state index contributed by atoms with van der Waals surface area (Å²) < 4.78 is 11.1. The second-order valence-electron chi connectivity index (χ2n) is 15.1. The highest BCUT2D eigenvalue weighted by atomic mass is 16.5. The van der Waals surface area contributed by atoms with Crippen molar-refractivity contribution in [2.45, 2.75) is 123 Å². The summed E-state index contributed by atoms with van der Waals surface area (Å²) in [5.41, 5.74) is -2.29. The van der Waals surface area contributed by atoms with Gasteiger partial charge in [-0.3, -0.25) is 39.1 Å². The number of hydrogen-bond acceptors (Lipinski definition) is 10. The SMILES string of the molecule is CCCCCCCCCCCCN1C(c2ccccn2)C2(C(=O)OC)CN(CCN(C(C)C)C(C)C)CC(C(=O)OC)(C2=O)C1c1ccccn1. The number of esters is 2. The van der Waals surface area contributed by atoms with Gasteiger partial charge in [0.15, 0.2) is 16.6 Å². The lowest BCUT2D eigenvalue weighted by molar-refractivity contribution is -0.206. The quantitative estimate of drug-likeness (QED) is 0.0828. The first-order valence-corrected chi connectivity index (χ1v) is 19.4. The van der Waals surface area contributed by atoms with E-state index in [0.717, 1.165) is 19.3 Å². The predicted molar refractivity (Wildman–Crippen MR) is 200 cm³/mol. The van der Waals surface area contributed by atoms with E-state index in [1.54, 1.807) is 12.4 Å². The molecular formula is C41H63N5O5. The van der Waals surface area contributed by atoms with Gasteiger partial charge >= 0.3 is 11.9 Å². The van der Waals surface area contributed by atoms with Crippen molar-refractivity contribution in [3.63, 3.8) is 0 Å². The van der Waals surface area contributed by atoms with Crippen molar-refractivity contribution in [3.05, 3.63) is 60.2 Å². The zero-order valence-corrected chi connectivity index (χ0v) is 32.3. The zero-order chi connectivity index (χ0) is 37.0. The third-order valence-corrected chi connectivity index (χ3v) is 11.2. The van der Waals surface area contributed by atoms with Gasteiger partial charge in [-0.2, -0.15) is 0 Å². The lowest BCUT2D eigenvalue weighted by Gasteiger charge is -2.61. The van der Waals surface area contributed by atoms with Crippen molar-refractivity contribution in [1.29, 1.82) is 0 Å². The smallest absolute Gasteiger partial charge is 0.322 e. The number of fused-ring (bicyclic) bond motifs is 2. The molecule has 2 saturated heterocycles. The maximum atomic E-state index is 15.5. The zero-order valence-electron chi connectivity index (χ0n) is 32.3. The molecule has 282 valence electrons. The molecule has 4 heterocycles. The Morgan fingerprint density at radius 2 is 1.20 bits per heavy atom. The van der Waals surface area contributed by atoms with Gasteiger partial charge in [-0.25, -0.2) is 0 Å². The number of pyridine rings is 2. The van der Waals surface area contributed by atoms with Crippen LogP contribution in [0.2, 0.25) is 0 Å². The molecular weight excluding hydrogens is 642 g/mol. The highest BCUT2D eigenvalue weighted by Gasteiger charge is 2.75. The molecule has 0 aliphatic carbocycles. The van der Waals surface area contributed by atoms with Gasteiger partial charge in [0.25, 0.3) is 0 Å². The molecule has 2 aliphatic heterocycles. The van der Waals surface area contributed by atoms with Crippen molar-refractivity contribution >= 4 is 17.7 Å². The predicted octanol–water partition coefficient (Wildman–Crippen LogP) is 6.82. The number of rotatable bonds is 20. The first kappa shape index (κ1) is 40.6. The van der Waals surface area contributed by atoms with Crippen molar-refractivity contribution in [2.75, 3.05) is 46.9 Å². The van der Waals surface area contributed by atoms with Crippen LogP contribution in [0.25, 0.3) is 0 Å². The molecule has 10 nitrogen and oxygen atoms in total. The molecule has 2 fully saturated rings. The number of likely N-dealkylation sites (tertiary alicyclic amines) is 2. The first-order valence-electron chi connectivity index (χ1n) is 19.4. The van der Waals surface area contributed by atoms with Crippen LogP contribution in [0.5, 0.6) is 0 Å². The Morgan fingerprint density at radius 1 is 0.745 bits per heavy atom. The number of ether oxygens (including phenoxy) is 2. The normalized spacial score (nSPS) is 24.0. The summed E-state index contributed by atoms with van der Waals surface area (Å²) in [6.07, 6.45) is 15.1. The van der Waals surface area contributed by atoms with Gasteiger partial charge in [0.1, 0.15) is 0 Å². The van der Waals surface area contributed by atoms with Crippen molar-refractivity contribution in [2.24, 2.45) is 10.8 Å². The molecule has 0 spiro atoms. The van der Waals surface area contributed by atoms with Gasteiger partial charge in [0, 0.05) is 50.7 Å². The van der Waals surface area contributed by atoms with Crippen molar-refractivity contribution in [1.82, 2.24) is 24.7 Å². The van der Waals surface area contributed by atoms with E-state index in [2.05, 4.69) is 49.3 Å². The van der Waals surface area contributed by atoms with Crippen LogP contribution < -0.4 is 0 Å². The van der Waals surface area contributed by atoms with Crippen LogP contribution in [0.1, 0.15) is 122 Å². The minimum absolute atomic E-state index is 0.103. The van der Waals surface area contributed by atoms with E-state index >= 15 is 4.79 Å². The molecule has 2 aliphatic rings. The fraction of sp³-hybridized carbons (Fsp3) is 0.683. The van der Waals surface area contributed by atoms with Crippen LogP contribution in [0, 0.1) is 10.8 Å². The lowest BCUT2D eigenvalue weighted by Crippen LogP contribution is -2.76. The molecule has 51 heavy (non-hydrogen) atoms. The number of methoxy groups -OCH3 is 2. The van der Waals surface area contributed by atoms with Crippen molar-refractivity contribution in [3.8, 4) is 0 Å². The summed E-state index contributed by atoms with van der Waals surface area (Å²) in [6, 6.07) is 10.2. The molecule has 0 aromatic carbocycles. The largest absolute Gasteiger partial charge is 0.468 e. The summed E-state index contributed by atoms with van der Waals surface area (Å²) in [7, 11) is 2.66. The number of nitrogens with zero attached hydrogens (tertiary/aromatic N) is 5. The second-order valence-corrected chi connectivity index (χ2v) is 15.1. The van der Waals surface area contributed by atoms with E-state index in [1.807, 2.05) is 36.4 Å². The standard InChI is InChI=1S/C41H63N5O5/c1-8-9-10-11-12-13-14-15-16-21-26-46-35(33-22-17-19-24-42-33)40(38(48)50-6)29-44(27-28-45(31(2)3)32(4)5)30-41(37(40)47,39(49)51-7)36(46)34-23-18-20-25-43-34/h17-20,22-25,31-32,35-36H,8-16,21,26-30H2,1-7H3. The molecule has 0 N–H and O–H groups in total. The molecule has 2 aromatic heterocycles. The molecule has 0 radical (unpaired) electrons. The lowest BCUT2D eigenvalue weighted by atomic mass is 9.54. The molecule has 4 atom stereocenters. The van der Waals surface area contributed by atoms with Crippen LogP contribution in [-0.4, -0.2) is 101 Å². The minimum Gasteiger partial charge on any atom is -0.468 e. The van der Waals surface area contributed by atoms with Crippen LogP contribution in [0.3, 0.4) is 0 Å². The average Bonchev–Trinajstić information content (AvgIpc) is 3.13. The molecule has 4 rings (SSSR count). The van der Waals surface area contributed by atoms with E-state index in [-0.39, 0.29) is 13.1 Å². The third kappa shape index (κ3) is 8.71. The van der Waals surface area contributed by atoms with E-state index in [9.17, 15) is 9.59 Å². The van der Waals surface area contributed by atoms with Gasteiger partial charge in [0.05, 0.1) is 37.7 Å². The molecule has 0 saturated carbocycles. The third-order valence-electron chi connectivity index (χ3n) is 11.2. The monoisotopic (exact) mass is 705 g/mol. The summed E-state index contributed by atoms with van der Waals surface area (Å²) in [4.78, 5) is 60.7. The Kier molecular flexibility index (Phi) is 15.1. The van der Waals surface area contributed by atoms with Crippen LogP contribution >= 0.6 is 0 Å². The summed E-state index contributed by atoms with van der Waals surface area (Å²) in [6.45, 7) is 12.9. The number of hydrogen-bond donors (Lipinski definition) is 0. The van der Waals surface area contributed by atoms with Gasteiger partial charge in [-0.1, -0.05) is 76.8 Å². The average molecular weight is 706 g/mol. The number of Topliss-reactive ketones (excluding diaryl/α,β-unsaturated/α-hetero) is 1. The maximum absolute atomic E-state index is 15.5. The van der Waals surface area contributed by atoms with Crippen LogP contribution in [-0.2, 0) is 23.9 Å². The Morgan fingerprint density at radius 3 is 1.59 bits per heavy atom. The Hall–Kier alpha value is -3.21. The highest BCUT2D eigenvalue weighted by molar-refractivity contribution is 6.17.